The smallest absolute Gasteiger partial charge is 0.00230 e. The van der Waals surface area contributed by atoms with Crippen molar-refractivity contribution < 1.29 is 0 Å². The lowest BCUT2D eigenvalue weighted by molar-refractivity contribution is 0.948. The van der Waals surface area contributed by atoms with Crippen LogP contribution in [-0.2, 0) is 0 Å². The summed E-state index contributed by atoms with van der Waals surface area (Å²) in [6.07, 6.45) is 12.4. The third-order valence-electron chi connectivity index (χ3n) is 2.84. The van der Waals surface area contributed by atoms with Gasteiger partial charge in [-0.3, -0.25) is 0 Å². The molecule has 1 aliphatic carbocycles. The van der Waals surface area contributed by atoms with E-state index in [1.807, 2.05) is 0 Å². The number of unbranched alkanes of at least 4 members (excludes halogenated alkanes) is 1. The van der Waals surface area contributed by atoms with Gasteiger partial charge in [0, 0.05) is 0 Å². The minimum absolute atomic E-state index is 1.07. The lowest BCUT2D eigenvalue weighted by Gasteiger charge is -2.12. The van der Waals surface area contributed by atoms with Gasteiger partial charge in [-0.25, -0.2) is 0 Å². The van der Waals surface area contributed by atoms with Gasteiger partial charge in [-0.2, -0.15) is 0 Å². The highest BCUT2D eigenvalue weighted by Crippen LogP contribution is 2.26. The molecule has 2 rings (SSSR count). The Hall–Kier alpha value is -1.56. The van der Waals surface area contributed by atoms with E-state index >= 15 is 0 Å². The lowest BCUT2D eigenvalue weighted by atomic mass is 9.93. The molecule has 0 saturated carbocycles. The zero-order valence-corrected chi connectivity index (χ0v) is 9.82. The fourth-order valence-corrected chi connectivity index (χ4v) is 1.95. The third kappa shape index (κ3) is 2.73. The first-order chi connectivity index (χ1) is 7.90. The van der Waals surface area contributed by atoms with E-state index in [4.69, 9.17) is 0 Å². The molecule has 1 aliphatic rings. The van der Waals surface area contributed by atoms with Crippen LogP contribution in [-0.4, -0.2) is 0 Å². The highest BCUT2D eigenvalue weighted by atomic mass is 14.1. The molecule has 0 aliphatic heterocycles. The maximum absolute atomic E-state index is 2.35. The van der Waals surface area contributed by atoms with Gasteiger partial charge in [0.2, 0.25) is 0 Å². The van der Waals surface area contributed by atoms with Gasteiger partial charge in [-0.15, -0.1) is 0 Å². The first kappa shape index (κ1) is 10.9. The lowest BCUT2D eigenvalue weighted by Crippen LogP contribution is -1.91. The number of benzene rings is 1. The van der Waals surface area contributed by atoms with E-state index in [1.54, 1.807) is 0 Å². The van der Waals surface area contributed by atoms with Crippen LogP contribution in [0.4, 0.5) is 0 Å². The molecule has 0 N–H and O–H groups in total. The van der Waals surface area contributed by atoms with Gasteiger partial charge in [0.1, 0.15) is 0 Å². The van der Waals surface area contributed by atoms with Crippen LogP contribution in [0.3, 0.4) is 0 Å². The molecule has 0 fully saturated rings. The van der Waals surface area contributed by atoms with Gasteiger partial charge < -0.3 is 0 Å². The minimum Gasteiger partial charge on any atom is -0.0810 e. The quantitative estimate of drug-likeness (QED) is 0.675. The van der Waals surface area contributed by atoms with E-state index in [9.17, 15) is 0 Å². The summed E-state index contributed by atoms with van der Waals surface area (Å²) in [5.41, 5.74) is 4.21. The second-order valence-electron chi connectivity index (χ2n) is 4.16. The van der Waals surface area contributed by atoms with Gasteiger partial charge in [-0.05, 0) is 29.6 Å². The Bertz CT molecular complexity index is 419. The van der Waals surface area contributed by atoms with Crippen molar-refractivity contribution in [3.05, 3.63) is 65.8 Å². The van der Waals surface area contributed by atoms with Crippen molar-refractivity contribution in [2.24, 2.45) is 0 Å². The third-order valence-corrected chi connectivity index (χ3v) is 2.84. The molecule has 0 heterocycles. The first-order valence-electron chi connectivity index (χ1n) is 6.02. The Balaban J connectivity index is 2.14. The van der Waals surface area contributed by atoms with Crippen LogP contribution in [0, 0.1) is 0 Å². The van der Waals surface area contributed by atoms with Crippen molar-refractivity contribution in [2.45, 2.75) is 26.2 Å². The average Bonchev–Trinajstić information content (AvgIpc) is 2.38. The minimum atomic E-state index is 1.07. The summed E-state index contributed by atoms with van der Waals surface area (Å²) in [7, 11) is 0. The standard InChI is InChI=1S/C16H18/c1-2-3-8-14-9-7-12-16(13-14)15-10-5-4-6-11-15/h4-12H,2-3,13H2,1H3. The molecule has 16 heavy (non-hydrogen) atoms. The molecule has 0 nitrogen and oxygen atoms in total. The topological polar surface area (TPSA) is 0 Å². The SMILES string of the molecule is CCCC=C1C=CC=C(c2ccccc2)C1. The molecule has 0 atom stereocenters. The van der Waals surface area contributed by atoms with Crippen molar-refractivity contribution >= 4 is 5.57 Å². The van der Waals surface area contributed by atoms with Crippen molar-refractivity contribution in [1.29, 1.82) is 0 Å². The first-order valence-corrected chi connectivity index (χ1v) is 6.02. The zero-order chi connectivity index (χ0) is 11.2. The van der Waals surface area contributed by atoms with Crippen LogP contribution >= 0.6 is 0 Å². The predicted octanol–water partition coefficient (Wildman–Crippen LogP) is 4.76. The highest BCUT2D eigenvalue weighted by molar-refractivity contribution is 5.71. The van der Waals surface area contributed by atoms with Crippen molar-refractivity contribution in [3.8, 4) is 0 Å². The van der Waals surface area contributed by atoms with E-state index < -0.39 is 0 Å². The van der Waals surface area contributed by atoms with Crippen LogP contribution in [0.25, 0.3) is 5.57 Å². The summed E-state index contributed by atoms with van der Waals surface area (Å²) < 4.78 is 0. The molecule has 0 unspecified atom stereocenters. The van der Waals surface area contributed by atoms with Crippen LogP contribution < -0.4 is 0 Å². The molecular weight excluding hydrogens is 192 g/mol. The molecule has 0 heteroatoms. The largest absolute Gasteiger partial charge is 0.0810 e. The van der Waals surface area contributed by atoms with Gasteiger partial charge in [0.15, 0.2) is 0 Å². The molecule has 0 saturated heterocycles. The van der Waals surface area contributed by atoms with Crippen LogP contribution in [0.15, 0.2) is 60.2 Å². The maximum Gasteiger partial charge on any atom is -0.00230 e. The zero-order valence-electron chi connectivity index (χ0n) is 9.82. The second kappa shape index (κ2) is 5.50. The number of allylic oxidation sites excluding steroid dienone is 6. The molecule has 82 valence electrons. The van der Waals surface area contributed by atoms with E-state index in [0.717, 1.165) is 6.42 Å². The molecule has 1 aromatic carbocycles. The molecule has 1 aromatic rings. The molecule has 0 radical (unpaired) electrons. The normalized spacial score (nSPS) is 17.6. The molecule has 0 amide bonds. The molecule has 0 bridgehead atoms. The van der Waals surface area contributed by atoms with Gasteiger partial charge in [-0.1, -0.05) is 68.0 Å². The van der Waals surface area contributed by atoms with Gasteiger partial charge in [0.05, 0.1) is 0 Å². The fourth-order valence-electron chi connectivity index (χ4n) is 1.95. The Morgan fingerprint density at radius 3 is 2.75 bits per heavy atom. The van der Waals surface area contributed by atoms with E-state index in [-0.39, 0.29) is 0 Å². The van der Waals surface area contributed by atoms with E-state index in [0.29, 0.717) is 0 Å². The fraction of sp³-hybridized carbons (Fsp3) is 0.250. The van der Waals surface area contributed by atoms with E-state index in [1.165, 1.54) is 29.6 Å². The van der Waals surface area contributed by atoms with Crippen molar-refractivity contribution in [1.82, 2.24) is 0 Å². The maximum atomic E-state index is 2.35. The number of rotatable bonds is 3. The van der Waals surface area contributed by atoms with Gasteiger partial charge in [0.25, 0.3) is 0 Å². The monoisotopic (exact) mass is 210 g/mol. The Kier molecular flexibility index (Phi) is 3.76. The molecular formula is C16H18. The Morgan fingerprint density at radius 2 is 2.00 bits per heavy atom. The van der Waals surface area contributed by atoms with Crippen LogP contribution in [0.1, 0.15) is 31.7 Å². The van der Waals surface area contributed by atoms with E-state index in [2.05, 4.69) is 61.6 Å². The Labute approximate surface area is 98.0 Å². The summed E-state index contributed by atoms with van der Waals surface area (Å²) in [6.45, 7) is 2.22. The van der Waals surface area contributed by atoms with Gasteiger partial charge >= 0.3 is 0 Å². The number of hydrogen-bond donors (Lipinski definition) is 0. The summed E-state index contributed by atoms with van der Waals surface area (Å²) >= 11 is 0. The highest BCUT2D eigenvalue weighted by Gasteiger charge is 2.05. The summed E-state index contributed by atoms with van der Waals surface area (Å²) in [6, 6.07) is 10.6. The summed E-state index contributed by atoms with van der Waals surface area (Å²) in [5.74, 6) is 0. The predicted molar refractivity (Wildman–Crippen MR) is 71.2 cm³/mol. The second-order valence-corrected chi connectivity index (χ2v) is 4.16. The molecule has 0 aromatic heterocycles. The molecule has 0 spiro atoms. The summed E-state index contributed by atoms with van der Waals surface area (Å²) in [5, 5.41) is 0. The van der Waals surface area contributed by atoms with Crippen LogP contribution in [0.2, 0.25) is 0 Å². The van der Waals surface area contributed by atoms with Crippen molar-refractivity contribution in [2.75, 3.05) is 0 Å². The Morgan fingerprint density at radius 1 is 1.19 bits per heavy atom. The average molecular weight is 210 g/mol. The number of hydrogen-bond acceptors (Lipinski definition) is 0. The van der Waals surface area contributed by atoms with Crippen molar-refractivity contribution in [3.63, 3.8) is 0 Å². The van der Waals surface area contributed by atoms with Crippen LogP contribution in [0.5, 0.6) is 0 Å². The summed E-state index contributed by atoms with van der Waals surface area (Å²) in [4.78, 5) is 0.